The summed E-state index contributed by atoms with van der Waals surface area (Å²) in [6.07, 6.45) is 18.0. The minimum absolute atomic E-state index is 0.234. The van der Waals surface area contributed by atoms with Gasteiger partial charge in [-0.05, 0) is 38.5 Å². The van der Waals surface area contributed by atoms with Gasteiger partial charge in [-0.3, -0.25) is 9.35 Å². The Kier molecular flexibility index (Phi) is 25.8. The highest BCUT2D eigenvalue weighted by atomic mass is 32.3. The number of carbonyl (C=O) groups is 1. The van der Waals surface area contributed by atoms with Crippen LogP contribution in [0.4, 0.5) is 0 Å². The molecule has 13 nitrogen and oxygen atoms in total. The minimum atomic E-state index is -5.10. The van der Waals surface area contributed by atoms with E-state index in [0.29, 0.717) is 12.8 Å². The lowest BCUT2D eigenvalue weighted by molar-refractivity contribution is -0.298. The maximum atomic E-state index is 12.8. The molecule has 0 spiro atoms. The average molecular weight is 736 g/mol. The first-order chi connectivity index (χ1) is 23.9. The third-order valence-corrected chi connectivity index (χ3v) is 9.00. The molecular formula is C36H65NO12S. The molecule has 1 aliphatic rings. The largest absolute Gasteiger partial charge is 0.397 e. The molecule has 1 fully saturated rings. The highest BCUT2D eigenvalue weighted by Gasteiger charge is 2.48. The average Bonchev–Trinajstić information content (AvgIpc) is 3.08. The van der Waals surface area contributed by atoms with Crippen molar-refractivity contribution in [2.24, 2.45) is 0 Å². The van der Waals surface area contributed by atoms with Gasteiger partial charge in [0.1, 0.15) is 30.5 Å². The lowest BCUT2D eigenvalue weighted by Gasteiger charge is -2.41. The molecule has 7 N–H and O–H groups in total. The van der Waals surface area contributed by atoms with E-state index < -0.39 is 78.5 Å². The second-order valence-electron chi connectivity index (χ2n) is 13.0. The Hall–Kier alpha value is -1.72. The summed E-state index contributed by atoms with van der Waals surface area (Å²) in [6.45, 7) is 2.89. The Labute approximate surface area is 299 Å². The van der Waals surface area contributed by atoms with Gasteiger partial charge in [-0.25, -0.2) is 4.18 Å². The summed E-state index contributed by atoms with van der Waals surface area (Å²) < 4.78 is 46.8. The number of carbonyl (C=O) groups excluding carboxylic acids is 1. The lowest BCUT2D eigenvalue weighted by Crippen LogP contribution is -2.61. The van der Waals surface area contributed by atoms with E-state index in [1.807, 2.05) is 6.92 Å². The number of amides is 1. The zero-order chi connectivity index (χ0) is 37.2. The van der Waals surface area contributed by atoms with E-state index in [-0.39, 0.29) is 6.42 Å². The molecule has 1 heterocycles. The molecule has 50 heavy (non-hydrogen) atoms. The Bertz CT molecular complexity index is 1070. The van der Waals surface area contributed by atoms with Gasteiger partial charge >= 0.3 is 10.4 Å². The molecule has 0 aromatic heterocycles. The third-order valence-electron chi connectivity index (χ3n) is 8.53. The second kappa shape index (κ2) is 27.9. The van der Waals surface area contributed by atoms with Crippen LogP contribution in [0.25, 0.3) is 0 Å². The SMILES string of the molecule is CCC/C=C/C(O)C(COC1OC(CO)C(O)C(OS(=O)(=O)O)C1O)NC(=O)C(O)CCCCCCCCCCC/C=C\C=C/CCCCC. The van der Waals surface area contributed by atoms with Crippen LogP contribution in [0.5, 0.6) is 0 Å². The monoisotopic (exact) mass is 735 g/mol. The molecule has 8 atom stereocenters. The van der Waals surface area contributed by atoms with E-state index >= 15 is 0 Å². The van der Waals surface area contributed by atoms with Crippen molar-refractivity contribution in [1.82, 2.24) is 5.32 Å². The summed E-state index contributed by atoms with van der Waals surface area (Å²) >= 11 is 0. The van der Waals surface area contributed by atoms with Crippen molar-refractivity contribution in [1.29, 1.82) is 0 Å². The molecule has 0 saturated carbocycles. The number of hydrogen-bond acceptors (Lipinski definition) is 11. The van der Waals surface area contributed by atoms with Crippen LogP contribution >= 0.6 is 0 Å². The number of aliphatic hydroxyl groups excluding tert-OH is 5. The van der Waals surface area contributed by atoms with E-state index in [1.54, 1.807) is 6.08 Å². The van der Waals surface area contributed by atoms with Crippen LogP contribution in [0.1, 0.15) is 123 Å². The summed E-state index contributed by atoms with van der Waals surface area (Å²) in [4.78, 5) is 12.8. The van der Waals surface area contributed by atoms with Crippen molar-refractivity contribution in [2.45, 2.75) is 172 Å². The van der Waals surface area contributed by atoms with E-state index in [9.17, 15) is 38.7 Å². The standard InChI is InChI=1S/C36H65NO12S/c1-3-5-7-8-9-10-11-12-13-14-15-16-17-18-19-20-21-23-25-30(40)35(43)37-28(29(39)24-22-6-4-2)27-47-36-33(42)34(49-50(44,45)46)32(41)31(26-38)48-36/h9-12,22,24,28-34,36,38-42H,3-8,13-21,23,25-27H2,1-2H3,(H,37,43)(H,44,45,46)/b10-9-,12-11-,24-22+. The van der Waals surface area contributed by atoms with E-state index in [2.05, 4.69) is 40.7 Å². The molecule has 0 aliphatic carbocycles. The Morgan fingerprint density at radius 1 is 0.820 bits per heavy atom. The van der Waals surface area contributed by atoms with Gasteiger partial charge in [0, 0.05) is 0 Å². The van der Waals surface area contributed by atoms with Crippen LogP contribution in [0.2, 0.25) is 0 Å². The summed E-state index contributed by atoms with van der Waals surface area (Å²) in [7, 11) is -5.10. The smallest absolute Gasteiger partial charge is 0.394 e. The van der Waals surface area contributed by atoms with Crippen LogP contribution in [0.15, 0.2) is 36.5 Å². The van der Waals surface area contributed by atoms with Crippen molar-refractivity contribution in [3.05, 3.63) is 36.5 Å². The molecule has 1 aliphatic heterocycles. The van der Waals surface area contributed by atoms with Crippen molar-refractivity contribution in [3.63, 3.8) is 0 Å². The van der Waals surface area contributed by atoms with Gasteiger partial charge < -0.3 is 40.3 Å². The number of allylic oxidation sites excluding steroid dienone is 5. The number of unbranched alkanes of at least 4 members (excludes halogenated alkanes) is 13. The van der Waals surface area contributed by atoms with Gasteiger partial charge in [-0.1, -0.05) is 121 Å². The van der Waals surface area contributed by atoms with Crippen molar-refractivity contribution >= 4 is 16.3 Å². The highest BCUT2D eigenvalue weighted by molar-refractivity contribution is 7.80. The van der Waals surface area contributed by atoms with E-state index in [4.69, 9.17) is 14.0 Å². The molecule has 292 valence electrons. The van der Waals surface area contributed by atoms with Crippen LogP contribution in [-0.4, -0.2) is 107 Å². The van der Waals surface area contributed by atoms with Gasteiger partial charge in [0.05, 0.1) is 25.4 Å². The first-order valence-corrected chi connectivity index (χ1v) is 19.9. The van der Waals surface area contributed by atoms with Gasteiger partial charge in [0.2, 0.25) is 5.91 Å². The number of aliphatic hydroxyl groups is 5. The topological polar surface area (TPSA) is 212 Å². The quantitative estimate of drug-likeness (QED) is 0.0250. The first kappa shape index (κ1) is 46.3. The van der Waals surface area contributed by atoms with Crippen LogP contribution < -0.4 is 5.32 Å². The zero-order valence-electron chi connectivity index (χ0n) is 30.1. The molecule has 1 saturated heterocycles. The summed E-state index contributed by atoms with van der Waals surface area (Å²) in [5.74, 6) is -0.722. The van der Waals surface area contributed by atoms with Crippen molar-refractivity contribution in [3.8, 4) is 0 Å². The highest BCUT2D eigenvalue weighted by Crippen LogP contribution is 2.26. The maximum absolute atomic E-state index is 12.8. The third kappa shape index (κ3) is 21.0. The fourth-order valence-electron chi connectivity index (χ4n) is 5.51. The molecular weight excluding hydrogens is 670 g/mol. The summed E-state index contributed by atoms with van der Waals surface area (Å²) in [6, 6.07) is -1.12. The Balaban J connectivity index is 2.45. The van der Waals surface area contributed by atoms with Gasteiger partial charge in [0.15, 0.2) is 6.29 Å². The van der Waals surface area contributed by atoms with Gasteiger partial charge in [-0.2, -0.15) is 8.42 Å². The van der Waals surface area contributed by atoms with Crippen LogP contribution in [0, 0.1) is 0 Å². The van der Waals surface area contributed by atoms with E-state index in [1.165, 1.54) is 51.0 Å². The Morgan fingerprint density at radius 3 is 1.96 bits per heavy atom. The number of ether oxygens (including phenoxy) is 2. The van der Waals surface area contributed by atoms with Crippen LogP contribution in [0.3, 0.4) is 0 Å². The zero-order valence-corrected chi connectivity index (χ0v) is 30.9. The molecule has 0 radical (unpaired) electrons. The van der Waals surface area contributed by atoms with Crippen molar-refractivity contribution < 1.29 is 57.0 Å². The molecule has 0 aromatic carbocycles. The second-order valence-corrected chi connectivity index (χ2v) is 14.0. The van der Waals surface area contributed by atoms with Gasteiger partial charge in [-0.15, -0.1) is 0 Å². The Morgan fingerprint density at radius 2 is 1.40 bits per heavy atom. The number of nitrogens with one attached hydrogen (secondary N) is 1. The fourth-order valence-corrected chi connectivity index (χ4v) is 6.02. The number of hydrogen-bond donors (Lipinski definition) is 7. The van der Waals surface area contributed by atoms with Gasteiger partial charge in [0.25, 0.3) is 0 Å². The predicted molar refractivity (Wildman–Crippen MR) is 191 cm³/mol. The maximum Gasteiger partial charge on any atom is 0.397 e. The normalized spacial score (nSPS) is 23.6. The summed E-state index contributed by atoms with van der Waals surface area (Å²) in [5.41, 5.74) is 0. The molecule has 0 aromatic rings. The molecule has 1 amide bonds. The fraction of sp³-hybridized carbons (Fsp3) is 0.806. The molecule has 1 rings (SSSR count). The lowest BCUT2D eigenvalue weighted by atomic mass is 9.99. The first-order valence-electron chi connectivity index (χ1n) is 18.5. The van der Waals surface area contributed by atoms with Crippen LogP contribution in [-0.2, 0) is 28.9 Å². The summed E-state index contributed by atoms with van der Waals surface area (Å²) in [5, 5.41) is 54.2. The number of rotatable bonds is 29. The molecule has 14 heteroatoms. The molecule has 8 unspecified atom stereocenters. The molecule has 0 bridgehead atoms. The van der Waals surface area contributed by atoms with E-state index in [0.717, 1.165) is 44.9 Å². The minimum Gasteiger partial charge on any atom is -0.394 e. The van der Waals surface area contributed by atoms with Crippen molar-refractivity contribution in [2.75, 3.05) is 13.2 Å². The predicted octanol–water partition coefficient (Wildman–Crippen LogP) is 4.18.